The van der Waals surface area contributed by atoms with E-state index in [2.05, 4.69) is 36.5 Å². The third-order valence-electron chi connectivity index (χ3n) is 3.70. The van der Waals surface area contributed by atoms with Crippen molar-refractivity contribution in [3.63, 3.8) is 0 Å². The molecule has 0 bridgehead atoms. The van der Waals surface area contributed by atoms with E-state index in [-0.39, 0.29) is 5.92 Å². The number of benzene rings is 1. The first-order valence-electron chi connectivity index (χ1n) is 7.18. The molecule has 108 valence electrons. The Morgan fingerprint density at radius 3 is 3.00 bits per heavy atom. The van der Waals surface area contributed by atoms with E-state index in [0.717, 1.165) is 22.4 Å². The molecule has 0 spiro atoms. The maximum Gasteiger partial charge on any atom is 0.0907 e. The molecule has 3 nitrogen and oxygen atoms in total. The van der Waals surface area contributed by atoms with Crippen LogP contribution in [-0.2, 0) is 0 Å². The van der Waals surface area contributed by atoms with Crippen LogP contribution in [0.15, 0.2) is 42.0 Å². The number of hydrogen-bond donors (Lipinski definition) is 2. The molecule has 0 radical (unpaired) electrons. The summed E-state index contributed by atoms with van der Waals surface area (Å²) in [6.45, 7) is 5.23. The number of nitrogens with one attached hydrogen (secondary N) is 1. The highest BCUT2D eigenvalue weighted by Gasteiger charge is 2.25. The van der Waals surface area contributed by atoms with Crippen molar-refractivity contribution in [3.8, 4) is 6.07 Å². The highest BCUT2D eigenvalue weighted by Crippen LogP contribution is 2.37. The van der Waals surface area contributed by atoms with E-state index in [4.69, 9.17) is 5.73 Å². The Hall–Kier alpha value is -2.31. The van der Waals surface area contributed by atoms with Gasteiger partial charge in [-0.25, -0.2) is 0 Å². The Labute approximate surface area is 126 Å². The molecule has 1 aliphatic rings. The van der Waals surface area contributed by atoms with E-state index < -0.39 is 0 Å². The lowest BCUT2D eigenvalue weighted by Crippen LogP contribution is -2.00. The lowest BCUT2D eigenvalue weighted by Gasteiger charge is -2.09. The van der Waals surface area contributed by atoms with E-state index in [0.29, 0.717) is 13.1 Å². The van der Waals surface area contributed by atoms with Gasteiger partial charge in [0.25, 0.3) is 0 Å². The van der Waals surface area contributed by atoms with Gasteiger partial charge in [-0.05, 0) is 36.1 Å². The SMILES string of the molecule is C\C=C/C=C(\C=C\c1ccc(C)c2c1NCC2C#N)CN. The molecule has 1 atom stereocenters. The number of nitrogens with two attached hydrogens (primary N) is 1. The van der Waals surface area contributed by atoms with Crippen molar-refractivity contribution in [3.05, 3.63) is 58.7 Å². The molecule has 1 aromatic rings. The van der Waals surface area contributed by atoms with Crippen LogP contribution >= 0.6 is 0 Å². The Morgan fingerprint density at radius 1 is 1.52 bits per heavy atom. The number of rotatable bonds is 4. The zero-order valence-electron chi connectivity index (χ0n) is 12.6. The molecule has 0 fully saturated rings. The largest absolute Gasteiger partial charge is 0.383 e. The third-order valence-corrected chi connectivity index (χ3v) is 3.70. The maximum atomic E-state index is 9.24. The van der Waals surface area contributed by atoms with E-state index in [1.807, 2.05) is 31.2 Å². The summed E-state index contributed by atoms with van der Waals surface area (Å²) < 4.78 is 0. The average Bonchev–Trinajstić information content (AvgIpc) is 2.94. The molecule has 0 saturated heterocycles. The van der Waals surface area contributed by atoms with Gasteiger partial charge < -0.3 is 11.1 Å². The van der Waals surface area contributed by atoms with Gasteiger partial charge in [0.2, 0.25) is 0 Å². The monoisotopic (exact) mass is 279 g/mol. The topological polar surface area (TPSA) is 61.8 Å². The number of aryl methyl sites for hydroxylation is 1. The summed E-state index contributed by atoms with van der Waals surface area (Å²) in [4.78, 5) is 0. The standard InChI is InChI=1S/C18H21N3/c1-3-4-5-14(10-19)7-9-15-8-6-13(2)17-16(11-20)12-21-18(15)17/h3-9,16,21H,10,12,19H2,1-2H3/b4-3-,9-7+,14-5+. The van der Waals surface area contributed by atoms with Crippen molar-refractivity contribution in [1.82, 2.24) is 0 Å². The quantitative estimate of drug-likeness (QED) is 0.829. The molecule has 1 unspecified atom stereocenters. The first-order chi connectivity index (χ1) is 10.2. The number of hydrogen-bond acceptors (Lipinski definition) is 3. The summed E-state index contributed by atoms with van der Waals surface area (Å²) in [7, 11) is 0. The minimum atomic E-state index is -0.0547. The Bertz CT molecular complexity index is 645. The number of nitriles is 1. The Kier molecular flexibility index (Phi) is 4.97. The van der Waals surface area contributed by atoms with Gasteiger partial charge in [-0.2, -0.15) is 5.26 Å². The van der Waals surface area contributed by atoms with Crippen molar-refractivity contribution in [2.45, 2.75) is 19.8 Å². The van der Waals surface area contributed by atoms with Gasteiger partial charge in [-0.1, -0.05) is 42.5 Å². The molecule has 1 aliphatic heterocycles. The second kappa shape index (κ2) is 6.92. The van der Waals surface area contributed by atoms with Gasteiger partial charge in [-0.3, -0.25) is 0 Å². The van der Waals surface area contributed by atoms with Gasteiger partial charge in [0.15, 0.2) is 0 Å². The third kappa shape index (κ3) is 3.24. The van der Waals surface area contributed by atoms with Crippen LogP contribution in [0.5, 0.6) is 0 Å². The van der Waals surface area contributed by atoms with Gasteiger partial charge in [0.05, 0.1) is 12.0 Å². The van der Waals surface area contributed by atoms with Crippen LogP contribution in [0.4, 0.5) is 5.69 Å². The second-order valence-electron chi connectivity index (χ2n) is 5.13. The molecule has 21 heavy (non-hydrogen) atoms. The van der Waals surface area contributed by atoms with Crippen molar-refractivity contribution in [2.24, 2.45) is 5.73 Å². The number of fused-ring (bicyclic) bond motifs is 1. The number of nitrogens with zero attached hydrogens (tertiary/aromatic N) is 1. The van der Waals surface area contributed by atoms with E-state index in [1.165, 1.54) is 5.56 Å². The summed E-state index contributed by atoms with van der Waals surface area (Å²) in [5.41, 5.74) is 11.3. The van der Waals surface area contributed by atoms with Crippen molar-refractivity contribution in [1.29, 1.82) is 5.26 Å². The average molecular weight is 279 g/mol. The van der Waals surface area contributed by atoms with Gasteiger partial charge in [0, 0.05) is 18.8 Å². The predicted molar refractivity (Wildman–Crippen MR) is 89.0 cm³/mol. The molecule has 1 heterocycles. The maximum absolute atomic E-state index is 9.24. The van der Waals surface area contributed by atoms with Gasteiger partial charge in [-0.15, -0.1) is 0 Å². The molecule has 2 rings (SSSR count). The minimum absolute atomic E-state index is 0.0547. The molecule has 3 N–H and O–H groups in total. The zero-order valence-corrected chi connectivity index (χ0v) is 12.6. The van der Waals surface area contributed by atoms with Crippen LogP contribution < -0.4 is 11.1 Å². The smallest absolute Gasteiger partial charge is 0.0907 e. The first-order valence-corrected chi connectivity index (χ1v) is 7.18. The lowest BCUT2D eigenvalue weighted by atomic mass is 9.95. The van der Waals surface area contributed by atoms with Crippen molar-refractivity contribution < 1.29 is 0 Å². The van der Waals surface area contributed by atoms with Crippen LogP contribution in [0.3, 0.4) is 0 Å². The molecular formula is C18H21N3. The summed E-state index contributed by atoms with van der Waals surface area (Å²) in [6.07, 6.45) is 10.1. The Balaban J connectivity index is 2.35. The van der Waals surface area contributed by atoms with Crippen LogP contribution in [0.25, 0.3) is 6.08 Å². The van der Waals surface area contributed by atoms with Crippen LogP contribution in [0.2, 0.25) is 0 Å². The molecule has 0 aromatic heterocycles. The summed E-state index contributed by atoms with van der Waals surface area (Å²) in [5.74, 6) is -0.0547. The second-order valence-corrected chi connectivity index (χ2v) is 5.13. The molecule has 3 heteroatoms. The fraction of sp³-hybridized carbons (Fsp3) is 0.278. The summed E-state index contributed by atoms with van der Waals surface area (Å²) in [5, 5.41) is 12.6. The van der Waals surface area contributed by atoms with Gasteiger partial charge in [0.1, 0.15) is 0 Å². The molecule has 0 amide bonds. The number of allylic oxidation sites excluding steroid dienone is 3. The minimum Gasteiger partial charge on any atom is -0.383 e. The summed E-state index contributed by atoms with van der Waals surface area (Å²) in [6, 6.07) is 6.53. The first kappa shape index (κ1) is 15.1. The molecule has 0 saturated carbocycles. The highest BCUT2D eigenvalue weighted by atomic mass is 14.9. The van der Waals surface area contributed by atoms with E-state index >= 15 is 0 Å². The zero-order chi connectivity index (χ0) is 15.2. The van der Waals surface area contributed by atoms with Crippen LogP contribution in [-0.4, -0.2) is 13.1 Å². The van der Waals surface area contributed by atoms with Gasteiger partial charge >= 0.3 is 0 Å². The molecular weight excluding hydrogens is 258 g/mol. The van der Waals surface area contributed by atoms with Crippen molar-refractivity contribution in [2.75, 3.05) is 18.4 Å². The molecule has 1 aromatic carbocycles. The highest BCUT2D eigenvalue weighted by molar-refractivity contribution is 5.76. The number of anilines is 1. The van der Waals surface area contributed by atoms with E-state index in [9.17, 15) is 5.26 Å². The van der Waals surface area contributed by atoms with E-state index in [1.54, 1.807) is 0 Å². The van der Waals surface area contributed by atoms with Crippen molar-refractivity contribution >= 4 is 11.8 Å². The predicted octanol–water partition coefficient (Wildman–Crippen LogP) is 3.50. The summed E-state index contributed by atoms with van der Waals surface area (Å²) >= 11 is 0. The van der Waals surface area contributed by atoms with Crippen LogP contribution in [0, 0.1) is 18.3 Å². The Morgan fingerprint density at radius 2 is 2.33 bits per heavy atom. The lowest BCUT2D eigenvalue weighted by molar-refractivity contribution is 0.953. The molecule has 0 aliphatic carbocycles. The fourth-order valence-electron chi connectivity index (χ4n) is 2.55. The fourth-order valence-corrected chi connectivity index (χ4v) is 2.55. The normalized spacial score (nSPS) is 18.0. The van der Waals surface area contributed by atoms with Crippen LogP contribution in [0.1, 0.15) is 29.5 Å².